The van der Waals surface area contributed by atoms with Crippen LogP contribution in [0.3, 0.4) is 0 Å². The van der Waals surface area contributed by atoms with Crippen molar-refractivity contribution in [1.82, 2.24) is 10.2 Å². The predicted octanol–water partition coefficient (Wildman–Crippen LogP) is 3.71. The van der Waals surface area contributed by atoms with Crippen LogP contribution in [0, 0.1) is 5.82 Å². The van der Waals surface area contributed by atoms with Crippen LogP contribution in [-0.2, 0) is 16.1 Å². The second-order valence-corrected chi connectivity index (χ2v) is 7.59. The minimum atomic E-state index is -1.57. The normalized spacial score (nSPS) is 19.7. The van der Waals surface area contributed by atoms with E-state index in [0.29, 0.717) is 5.56 Å². The smallest absolute Gasteiger partial charge is 0.414 e. The third-order valence-corrected chi connectivity index (χ3v) is 4.09. The van der Waals surface area contributed by atoms with E-state index in [1.165, 1.54) is 35.4 Å². The molecule has 0 saturated carbocycles. The molecular weight excluding hydrogens is 375 g/mol. The molecule has 0 spiro atoms. The summed E-state index contributed by atoms with van der Waals surface area (Å²) in [6.07, 6.45) is 5.33. The number of carboxylic acids is 1. The maximum Gasteiger partial charge on any atom is 0.414 e. The summed E-state index contributed by atoms with van der Waals surface area (Å²) < 4.78 is 18.9. The minimum absolute atomic E-state index is 0.0126. The zero-order valence-corrected chi connectivity index (χ0v) is 16.1. The molecule has 0 bridgehead atoms. The minimum Gasteiger partial charge on any atom is -0.480 e. The van der Waals surface area contributed by atoms with Gasteiger partial charge in [-0.3, -0.25) is 10.2 Å². The first-order valence-corrected chi connectivity index (χ1v) is 8.68. The number of carbonyl (C=O) groups is 2. The number of hydrogen-bond donors (Lipinski definition) is 2. The molecule has 1 aromatic carbocycles. The van der Waals surface area contributed by atoms with Crippen molar-refractivity contribution in [2.75, 3.05) is 6.54 Å². The number of carbonyl (C=O) groups excluding carboxylic acids is 1. The van der Waals surface area contributed by atoms with Crippen LogP contribution in [0.15, 0.2) is 42.6 Å². The van der Waals surface area contributed by atoms with Gasteiger partial charge in [-0.1, -0.05) is 29.8 Å². The molecule has 1 amide bonds. The largest absolute Gasteiger partial charge is 0.480 e. The predicted molar refractivity (Wildman–Crippen MR) is 99.8 cm³/mol. The van der Waals surface area contributed by atoms with E-state index in [0.717, 1.165) is 0 Å². The molecule has 0 aliphatic carbocycles. The molecule has 0 radical (unpaired) electrons. The van der Waals surface area contributed by atoms with Gasteiger partial charge < -0.3 is 9.84 Å². The fourth-order valence-corrected chi connectivity index (χ4v) is 2.55. The van der Waals surface area contributed by atoms with Gasteiger partial charge in [-0.15, -0.1) is 0 Å². The van der Waals surface area contributed by atoms with Gasteiger partial charge in [0.2, 0.25) is 0 Å². The van der Waals surface area contributed by atoms with Crippen molar-refractivity contribution in [2.24, 2.45) is 0 Å². The number of ether oxygens (including phenoxy) is 1. The average Bonchev–Trinajstić information content (AvgIpc) is 2.78. The number of nitrogens with zero attached hydrogens (tertiary/aromatic N) is 1. The maximum absolute atomic E-state index is 13.6. The number of nitrogens with one attached hydrogen (secondary N) is 1. The van der Waals surface area contributed by atoms with Crippen molar-refractivity contribution in [3.05, 3.63) is 59.0 Å². The lowest BCUT2D eigenvalue weighted by molar-refractivity contribution is -0.143. The Balaban J connectivity index is 2.21. The third-order valence-electron chi connectivity index (χ3n) is 3.78. The molecule has 27 heavy (non-hydrogen) atoms. The molecule has 1 unspecified atom stereocenters. The molecule has 1 aliphatic heterocycles. The Hall–Kier alpha value is -2.38. The van der Waals surface area contributed by atoms with Crippen LogP contribution in [0.5, 0.6) is 0 Å². The molecule has 2 N–H and O–H groups in total. The van der Waals surface area contributed by atoms with Crippen LogP contribution >= 0.6 is 11.6 Å². The van der Waals surface area contributed by atoms with E-state index in [9.17, 15) is 19.1 Å². The Bertz CT molecular complexity index is 788. The van der Waals surface area contributed by atoms with E-state index >= 15 is 0 Å². The van der Waals surface area contributed by atoms with Crippen molar-refractivity contribution in [3.63, 3.8) is 0 Å². The van der Waals surface area contributed by atoms with Crippen molar-refractivity contribution in [2.45, 2.75) is 38.5 Å². The molecule has 2 rings (SSSR count). The average molecular weight is 397 g/mol. The lowest BCUT2D eigenvalue weighted by atomic mass is 9.98. The fourth-order valence-electron chi connectivity index (χ4n) is 2.43. The van der Waals surface area contributed by atoms with Gasteiger partial charge in [-0.05, 0) is 44.5 Å². The fraction of sp³-hybridized carbons (Fsp3) is 0.368. The lowest BCUT2D eigenvalue weighted by Gasteiger charge is -2.32. The number of amides is 1. The van der Waals surface area contributed by atoms with Crippen molar-refractivity contribution < 1.29 is 23.8 Å². The van der Waals surface area contributed by atoms with Crippen molar-refractivity contribution in [1.29, 1.82) is 0 Å². The molecule has 1 heterocycles. The Morgan fingerprint density at radius 2 is 2.07 bits per heavy atom. The van der Waals surface area contributed by atoms with Crippen LogP contribution < -0.4 is 5.32 Å². The Morgan fingerprint density at radius 1 is 1.37 bits per heavy atom. The van der Waals surface area contributed by atoms with Crippen LogP contribution in [-0.4, -0.2) is 39.8 Å². The van der Waals surface area contributed by atoms with E-state index < -0.39 is 29.0 Å². The van der Waals surface area contributed by atoms with E-state index in [4.69, 9.17) is 16.3 Å². The highest BCUT2D eigenvalue weighted by Gasteiger charge is 2.40. The van der Waals surface area contributed by atoms with Gasteiger partial charge in [-0.25, -0.2) is 14.0 Å². The zero-order valence-electron chi connectivity index (χ0n) is 15.3. The van der Waals surface area contributed by atoms with Gasteiger partial charge in [0.15, 0.2) is 5.54 Å². The molecule has 1 aromatic rings. The standard InChI is InChI=1S/C19H22ClFN2O4/c1-18(2,3)27-17(26)23-9-5-4-8-19(12-23,16(24)25)22-11-13-6-7-14(20)15(21)10-13/h4-10,22H,11-12H2,1-3H3,(H,24,25). The highest BCUT2D eigenvalue weighted by Crippen LogP contribution is 2.20. The van der Waals surface area contributed by atoms with Crippen LogP contribution in [0.25, 0.3) is 0 Å². The summed E-state index contributed by atoms with van der Waals surface area (Å²) in [5.41, 5.74) is -1.77. The Morgan fingerprint density at radius 3 is 2.67 bits per heavy atom. The second kappa shape index (κ2) is 8.10. The van der Waals surface area contributed by atoms with Crippen LogP contribution in [0.4, 0.5) is 9.18 Å². The lowest BCUT2D eigenvalue weighted by Crippen LogP contribution is -2.57. The Labute approximate surface area is 162 Å². The third kappa shape index (κ3) is 5.55. The van der Waals surface area contributed by atoms with Gasteiger partial charge in [0.05, 0.1) is 11.6 Å². The van der Waals surface area contributed by atoms with Gasteiger partial charge in [-0.2, -0.15) is 0 Å². The van der Waals surface area contributed by atoms with Gasteiger partial charge in [0, 0.05) is 12.7 Å². The number of allylic oxidation sites excluding steroid dienone is 2. The molecule has 1 aliphatic rings. The van der Waals surface area contributed by atoms with E-state index in [-0.39, 0.29) is 18.1 Å². The van der Waals surface area contributed by atoms with Gasteiger partial charge in [0.1, 0.15) is 11.4 Å². The zero-order chi connectivity index (χ0) is 20.2. The van der Waals surface area contributed by atoms with Crippen molar-refractivity contribution >= 4 is 23.7 Å². The number of rotatable bonds is 4. The molecule has 0 fully saturated rings. The highest BCUT2D eigenvalue weighted by molar-refractivity contribution is 6.30. The molecule has 1 atom stereocenters. The first-order valence-electron chi connectivity index (χ1n) is 8.30. The summed E-state index contributed by atoms with van der Waals surface area (Å²) in [6.45, 7) is 5.04. The molecule has 6 nitrogen and oxygen atoms in total. The summed E-state index contributed by atoms with van der Waals surface area (Å²) >= 11 is 5.67. The van der Waals surface area contributed by atoms with Crippen LogP contribution in [0.1, 0.15) is 26.3 Å². The summed E-state index contributed by atoms with van der Waals surface area (Å²) in [5.74, 6) is -1.76. The van der Waals surface area contributed by atoms with Crippen molar-refractivity contribution in [3.8, 4) is 0 Å². The summed E-state index contributed by atoms with van der Waals surface area (Å²) in [7, 11) is 0. The molecule has 8 heteroatoms. The number of hydrogen-bond acceptors (Lipinski definition) is 4. The number of halogens is 2. The van der Waals surface area contributed by atoms with E-state index in [1.54, 1.807) is 32.9 Å². The number of benzene rings is 1. The Kier molecular flexibility index (Phi) is 6.28. The molecule has 146 valence electrons. The summed E-state index contributed by atoms with van der Waals surface area (Å²) in [6, 6.07) is 4.23. The summed E-state index contributed by atoms with van der Waals surface area (Å²) in [5, 5.41) is 12.7. The van der Waals surface area contributed by atoms with Crippen LogP contribution in [0.2, 0.25) is 5.02 Å². The SMILES string of the molecule is CC(C)(C)OC(=O)N1C=CC=CC(NCc2ccc(Cl)c(F)c2)(C(=O)O)C1. The molecular formula is C19H22ClFN2O4. The monoisotopic (exact) mass is 396 g/mol. The first-order chi connectivity index (χ1) is 12.5. The maximum atomic E-state index is 13.6. The molecule has 0 saturated heterocycles. The number of aliphatic carboxylic acids is 1. The van der Waals surface area contributed by atoms with E-state index in [2.05, 4.69) is 5.32 Å². The second-order valence-electron chi connectivity index (χ2n) is 7.19. The summed E-state index contributed by atoms with van der Waals surface area (Å²) in [4.78, 5) is 25.6. The quantitative estimate of drug-likeness (QED) is 0.811. The van der Waals surface area contributed by atoms with Gasteiger partial charge in [0.25, 0.3) is 0 Å². The highest BCUT2D eigenvalue weighted by atomic mass is 35.5. The first kappa shape index (κ1) is 20.9. The van der Waals surface area contributed by atoms with E-state index in [1.807, 2.05) is 0 Å². The molecule has 0 aromatic heterocycles. The van der Waals surface area contributed by atoms with Gasteiger partial charge >= 0.3 is 12.1 Å². The topological polar surface area (TPSA) is 78.9 Å². The number of carboxylic acid groups (broad SMARTS) is 1.